The number of hydrogen-bond acceptors (Lipinski definition) is 3. The number of urea groups is 1. The van der Waals surface area contributed by atoms with Gasteiger partial charge in [-0.15, -0.1) is 0 Å². The Hall–Kier alpha value is -1.75. The number of nitrogens with one attached hydrogen (secondary N) is 2. The van der Waals surface area contributed by atoms with Gasteiger partial charge in [0.25, 0.3) is 0 Å². The Morgan fingerprint density at radius 3 is 2.71 bits per heavy atom. The van der Waals surface area contributed by atoms with Gasteiger partial charge in [-0.1, -0.05) is 18.2 Å². The summed E-state index contributed by atoms with van der Waals surface area (Å²) < 4.78 is 5.39. The lowest BCUT2D eigenvalue weighted by molar-refractivity contribution is 0.187. The van der Waals surface area contributed by atoms with Gasteiger partial charge >= 0.3 is 6.03 Å². The second kappa shape index (κ2) is 7.51. The van der Waals surface area contributed by atoms with Gasteiger partial charge in [0, 0.05) is 6.54 Å². The van der Waals surface area contributed by atoms with Crippen LogP contribution in [0.15, 0.2) is 30.3 Å². The van der Waals surface area contributed by atoms with Crippen LogP contribution in [0.2, 0.25) is 0 Å². The summed E-state index contributed by atoms with van der Waals surface area (Å²) in [4.78, 5) is 11.2. The van der Waals surface area contributed by atoms with Gasteiger partial charge < -0.3 is 20.5 Å². The van der Waals surface area contributed by atoms with Crippen molar-refractivity contribution in [2.75, 3.05) is 19.7 Å². The second-order valence-electron chi connectivity index (χ2n) is 3.65. The molecular weight excluding hydrogens is 220 g/mol. The summed E-state index contributed by atoms with van der Waals surface area (Å²) in [5, 5.41) is 14.1. The Labute approximate surface area is 101 Å². The molecular formula is C12H18N2O3. The molecule has 1 atom stereocenters. The summed E-state index contributed by atoms with van der Waals surface area (Å²) in [6.45, 7) is 2.68. The molecule has 0 spiro atoms. The summed E-state index contributed by atoms with van der Waals surface area (Å²) in [7, 11) is 0. The van der Waals surface area contributed by atoms with Gasteiger partial charge in [-0.2, -0.15) is 0 Å². The summed E-state index contributed by atoms with van der Waals surface area (Å²) in [6, 6.07) is 9.09. The smallest absolute Gasteiger partial charge is 0.314 e. The highest BCUT2D eigenvalue weighted by atomic mass is 16.5. The number of carbonyl (C=O) groups excluding carboxylic acids is 1. The SMILES string of the molecule is CC(O)CNC(=O)NCCOc1ccccc1. The van der Waals surface area contributed by atoms with E-state index >= 15 is 0 Å². The highest BCUT2D eigenvalue weighted by Gasteiger charge is 2.01. The van der Waals surface area contributed by atoms with Crippen molar-refractivity contribution in [2.45, 2.75) is 13.0 Å². The molecule has 5 heteroatoms. The summed E-state index contributed by atoms with van der Waals surface area (Å²) >= 11 is 0. The normalized spacial score (nSPS) is 11.6. The van der Waals surface area contributed by atoms with Crippen molar-refractivity contribution in [2.24, 2.45) is 0 Å². The van der Waals surface area contributed by atoms with Crippen molar-refractivity contribution in [3.05, 3.63) is 30.3 Å². The lowest BCUT2D eigenvalue weighted by Crippen LogP contribution is -2.40. The molecule has 1 rings (SSSR count). The third-order valence-corrected chi connectivity index (χ3v) is 1.96. The van der Waals surface area contributed by atoms with Crippen LogP contribution < -0.4 is 15.4 Å². The summed E-state index contributed by atoms with van der Waals surface area (Å²) in [5.41, 5.74) is 0. The van der Waals surface area contributed by atoms with Crippen LogP contribution >= 0.6 is 0 Å². The molecule has 0 aliphatic rings. The first-order valence-corrected chi connectivity index (χ1v) is 5.56. The molecule has 0 aliphatic heterocycles. The number of para-hydroxylation sites is 1. The van der Waals surface area contributed by atoms with Gasteiger partial charge in [-0.25, -0.2) is 4.79 Å². The largest absolute Gasteiger partial charge is 0.492 e. The van der Waals surface area contributed by atoms with E-state index in [1.165, 1.54) is 0 Å². The fourth-order valence-electron chi connectivity index (χ4n) is 1.15. The second-order valence-corrected chi connectivity index (χ2v) is 3.65. The molecule has 1 aromatic rings. The quantitative estimate of drug-likeness (QED) is 0.640. The highest BCUT2D eigenvalue weighted by Crippen LogP contribution is 2.07. The minimum Gasteiger partial charge on any atom is -0.492 e. The predicted molar refractivity (Wildman–Crippen MR) is 65.0 cm³/mol. The van der Waals surface area contributed by atoms with Crippen molar-refractivity contribution in [1.29, 1.82) is 0 Å². The number of rotatable bonds is 6. The van der Waals surface area contributed by atoms with Crippen molar-refractivity contribution >= 4 is 6.03 Å². The average molecular weight is 238 g/mol. The van der Waals surface area contributed by atoms with Crippen molar-refractivity contribution in [1.82, 2.24) is 10.6 Å². The third kappa shape index (κ3) is 6.42. The maximum absolute atomic E-state index is 11.2. The number of amides is 2. The van der Waals surface area contributed by atoms with E-state index in [0.717, 1.165) is 5.75 Å². The van der Waals surface area contributed by atoms with Crippen LogP contribution in [0.4, 0.5) is 4.79 Å². The highest BCUT2D eigenvalue weighted by molar-refractivity contribution is 5.73. The fraction of sp³-hybridized carbons (Fsp3) is 0.417. The van der Waals surface area contributed by atoms with Crippen LogP contribution in [0, 0.1) is 0 Å². The molecule has 0 saturated heterocycles. The summed E-state index contributed by atoms with van der Waals surface area (Å²) in [5.74, 6) is 0.777. The zero-order valence-electron chi connectivity index (χ0n) is 9.85. The third-order valence-electron chi connectivity index (χ3n) is 1.96. The van der Waals surface area contributed by atoms with Crippen molar-refractivity contribution in [3.63, 3.8) is 0 Å². The van der Waals surface area contributed by atoms with Gasteiger partial charge in [0.15, 0.2) is 0 Å². The van der Waals surface area contributed by atoms with Crippen molar-refractivity contribution < 1.29 is 14.6 Å². The maximum atomic E-state index is 11.2. The van der Waals surface area contributed by atoms with E-state index in [4.69, 9.17) is 9.84 Å². The van der Waals surface area contributed by atoms with E-state index in [2.05, 4.69) is 10.6 Å². The molecule has 2 amide bonds. The lowest BCUT2D eigenvalue weighted by atomic mass is 10.3. The molecule has 0 aromatic heterocycles. The van der Waals surface area contributed by atoms with Gasteiger partial charge in [0.05, 0.1) is 12.6 Å². The van der Waals surface area contributed by atoms with E-state index in [-0.39, 0.29) is 12.6 Å². The zero-order valence-corrected chi connectivity index (χ0v) is 9.85. The topological polar surface area (TPSA) is 70.6 Å². The molecule has 94 valence electrons. The number of hydrogen-bond donors (Lipinski definition) is 3. The number of aliphatic hydroxyl groups is 1. The molecule has 0 aliphatic carbocycles. The molecule has 0 fully saturated rings. The van der Waals surface area contributed by atoms with Crippen LogP contribution in [0.3, 0.4) is 0 Å². The molecule has 1 unspecified atom stereocenters. The fourth-order valence-corrected chi connectivity index (χ4v) is 1.15. The Morgan fingerprint density at radius 1 is 1.35 bits per heavy atom. The van der Waals surface area contributed by atoms with E-state index < -0.39 is 6.10 Å². The van der Waals surface area contributed by atoms with Crippen LogP contribution in [-0.2, 0) is 0 Å². The first kappa shape index (κ1) is 13.3. The minimum atomic E-state index is -0.540. The molecule has 0 saturated carbocycles. The predicted octanol–water partition coefficient (Wildman–Crippen LogP) is 0.745. The summed E-state index contributed by atoms with van der Waals surface area (Å²) in [6.07, 6.45) is -0.540. The number of carbonyl (C=O) groups is 1. The standard InChI is InChI=1S/C12H18N2O3/c1-10(15)9-14-12(16)13-7-8-17-11-5-3-2-4-6-11/h2-6,10,15H,7-9H2,1H3,(H2,13,14,16). The Bertz CT molecular complexity index is 328. The maximum Gasteiger partial charge on any atom is 0.314 e. The van der Waals surface area contributed by atoms with E-state index in [1.54, 1.807) is 6.92 Å². The number of benzene rings is 1. The first-order valence-electron chi connectivity index (χ1n) is 5.56. The molecule has 5 nitrogen and oxygen atoms in total. The van der Waals surface area contributed by atoms with E-state index in [1.807, 2.05) is 30.3 Å². The molecule has 0 radical (unpaired) electrons. The number of aliphatic hydroxyl groups excluding tert-OH is 1. The lowest BCUT2D eigenvalue weighted by Gasteiger charge is -2.09. The van der Waals surface area contributed by atoms with Crippen LogP contribution in [0.25, 0.3) is 0 Å². The van der Waals surface area contributed by atoms with Gasteiger partial charge in [-0.05, 0) is 19.1 Å². The Balaban J connectivity index is 2.06. The molecule has 0 heterocycles. The van der Waals surface area contributed by atoms with Gasteiger partial charge in [0.1, 0.15) is 12.4 Å². The van der Waals surface area contributed by atoms with Crippen LogP contribution in [0.5, 0.6) is 5.75 Å². The van der Waals surface area contributed by atoms with Crippen LogP contribution in [-0.4, -0.2) is 36.9 Å². The Kier molecular flexibility index (Phi) is 5.88. The van der Waals surface area contributed by atoms with Crippen molar-refractivity contribution in [3.8, 4) is 5.75 Å². The minimum absolute atomic E-state index is 0.241. The zero-order chi connectivity index (χ0) is 12.5. The monoisotopic (exact) mass is 238 g/mol. The number of ether oxygens (including phenoxy) is 1. The van der Waals surface area contributed by atoms with E-state index in [0.29, 0.717) is 13.2 Å². The molecule has 1 aromatic carbocycles. The molecule has 17 heavy (non-hydrogen) atoms. The molecule has 3 N–H and O–H groups in total. The average Bonchev–Trinajstić information content (AvgIpc) is 2.33. The van der Waals surface area contributed by atoms with Crippen LogP contribution in [0.1, 0.15) is 6.92 Å². The van der Waals surface area contributed by atoms with E-state index in [9.17, 15) is 4.79 Å². The van der Waals surface area contributed by atoms with Gasteiger partial charge in [0.2, 0.25) is 0 Å². The Morgan fingerprint density at radius 2 is 2.06 bits per heavy atom. The first-order chi connectivity index (χ1) is 8.18. The molecule has 0 bridgehead atoms. The van der Waals surface area contributed by atoms with Gasteiger partial charge in [-0.3, -0.25) is 0 Å².